The maximum atomic E-state index is 5.03. The van der Waals surface area contributed by atoms with E-state index in [1.165, 1.54) is 5.56 Å². The average Bonchev–Trinajstić information content (AvgIpc) is 2.76. The molecule has 0 fully saturated rings. The van der Waals surface area contributed by atoms with Crippen LogP contribution in [-0.4, -0.2) is 10.1 Å². The number of benzene rings is 1. The Labute approximate surface area is 107 Å². The van der Waals surface area contributed by atoms with Crippen LogP contribution in [0, 0.1) is 0 Å². The van der Waals surface area contributed by atoms with E-state index < -0.39 is 0 Å². The molecule has 0 amide bonds. The number of rotatable bonds is 2. The Morgan fingerprint density at radius 3 is 2.29 bits per heavy atom. The lowest BCUT2D eigenvalue weighted by molar-refractivity contribution is 0.392. The molecule has 17 heavy (non-hydrogen) atoms. The van der Waals surface area contributed by atoms with Crippen LogP contribution in [-0.2, 0) is 11.2 Å². The first kappa shape index (κ1) is 12.2. The van der Waals surface area contributed by atoms with E-state index in [9.17, 15) is 0 Å². The highest BCUT2D eigenvalue weighted by molar-refractivity contribution is 7.79. The normalized spacial score (nSPS) is 11.8. The first-order valence-electron chi connectivity index (χ1n) is 5.55. The van der Waals surface area contributed by atoms with Gasteiger partial charge in [-0.3, -0.25) is 0 Å². The van der Waals surface area contributed by atoms with Crippen molar-refractivity contribution in [2.75, 3.05) is 0 Å². The molecular formula is C13H16N2OS. The highest BCUT2D eigenvalue weighted by Gasteiger charge is 2.14. The van der Waals surface area contributed by atoms with E-state index >= 15 is 0 Å². The topological polar surface area (TPSA) is 38.9 Å². The molecule has 0 bridgehead atoms. The van der Waals surface area contributed by atoms with Gasteiger partial charge < -0.3 is 4.52 Å². The van der Waals surface area contributed by atoms with Crippen molar-refractivity contribution in [1.82, 2.24) is 10.1 Å². The lowest BCUT2D eigenvalue weighted by Crippen LogP contribution is -2.10. The molecule has 1 aromatic heterocycles. The van der Waals surface area contributed by atoms with Gasteiger partial charge in [-0.25, -0.2) is 0 Å². The molecule has 0 radical (unpaired) electrons. The molecule has 2 rings (SSSR count). The maximum Gasteiger partial charge on any atom is 0.236 e. The fraction of sp³-hybridized carbons (Fsp3) is 0.385. The summed E-state index contributed by atoms with van der Waals surface area (Å²) in [5.74, 6) is 1.63. The number of hydrogen-bond donors (Lipinski definition) is 1. The predicted molar refractivity (Wildman–Crippen MR) is 71.1 cm³/mol. The summed E-state index contributed by atoms with van der Waals surface area (Å²) >= 11 is 4.09. The van der Waals surface area contributed by atoms with Crippen molar-refractivity contribution in [3.63, 3.8) is 0 Å². The van der Waals surface area contributed by atoms with Crippen LogP contribution in [0.25, 0.3) is 11.4 Å². The molecule has 4 heteroatoms. The highest BCUT2D eigenvalue weighted by Crippen LogP contribution is 2.24. The van der Waals surface area contributed by atoms with Gasteiger partial charge in [0.15, 0.2) is 0 Å². The number of hydrogen-bond acceptors (Lipinski definition) is 4. The smallest absolute Gasteiger partial charge is 0.236 e. The molecule has 0 unspecified atom stereocenters. The zero-order chi connectivity index (χ0) is 12.5. The van der Waals surface area contributed by atoms with Crippen LogP contribution < -0.4 is 0 Å². The minimum Gasteiger partial charge on any atom is -0.338 e. The predicted octanol–water partition coefficient (Wildman–Crippen LogP) is 3.46. The summed E-state index contributed by atoms with van der Waals surface area (Å²) in [5, 5.41) is 3.91. The van der Waals surface area contributed by atoms with E-state index in [-0.39, 0.29) is 5.41 Å². The van der Waals surface area contributed by atoms with Gasteiger partial charge in [-0.1, -0.05) is 50.2 Å². The quantitative estimate of drug-likeness (QED) is 0.827. The molecule has 1 heterocycles. The summed E-state index contributed by atoms with van der Waals surface area (Å²) in [6.07, 6.45) is 0. The fourth-order valence-electron chi connectivity index (χ4n) is 1.56. The standard InChI is InChI=1S/C13H16N2OS/c1-13(2,3)10-6-4-9(5-7-10)12-14-11(8-17)16-15-12/h4-7,17H,8H2,1-3H3. The monoisotopic (exact) mass is 248 g/mol. The molecule has 3 nitrogen and oxygen atoms in total. The third-order valence-corrected chi connectivity index (χ3v) is 2.88. The summed E-state index contributed by atoms with van der Waals surface area (Å²) in [5.41, 5.74) is 2.42. The van der Waals surface area contributed by atoms with Crippen LogP contribution in [0.2, 0.25) is 0 Å². The molecule has 0 aliphatic rings. The Kier molecular flexibility index (Phi) is 3.24. The van der Waals surface area contributed by atoms with E-state index in [0.29, 0.717) is 17.5 Å². The van der Waals surface area contributed by atoms with E-state index in [2.05, 4.69) is 55.7 Å². The molecule has 0 aliphatic carbocycles. The molecular weight excluding hydrogens is 232 g/mol. The molecule has 0 aliphatic heterocycles. The molecule has 0 spiro atoms. The number of aromatic nitrogens is 2. The van der Waals surface area contributed by atoms with Crippen molar-refractivity contribution in [2.45, 2.75) is 31.9 Å². The van der Waals surface area contributed by atoms with Crippen molar-refractivity contribution >= 4 is 12.6 Å². The molecule has 0 saturated carbocycles. The van der Waals surface area contributed by atoms with Gasteiger partial charge in [0, 0.05) is 5.56 Å². The van der Waals surface area contributed by atoms with E-state index in [1.54, 1.807) is 0 Å². The van der Waals surface area contributed by atoms with Crippen LogP contribution in [0.5, 0.6) is 0 Å². The number of thiol groups is 1. The molecule has 0 N–H and O–H groups in total. The Balaban J connectivity index is 2.29. The van der Waals surface area contributed by atoms with Crippen LogP contribution in [0.3, 0.4) is 0 Å². The fourth-order valence-corrected chi connectivity index (χ4v) is 1.68. The van der Waals surface area contributed by atoms with Crippen LogP contribution in [0.4, 0.5) is 0 Å². The van der Waals surface area contributed by atoms with Crippen LogP contribution in [0.1, 0.15) is 32.2 Å². The van der Waals surface area contributed by atoms with Crippen molar-refractivity contribution in [2.24, 2.45) is 0 Å². The lowest BCUT2D eigenvalue weighted by atomic mass is 9.87. The van der Waals surface area contributed by atoms with Gasteiger partial charge in [0.2, 0.25) is 11.7 Å². The first-order valence-corrected chi connectivity index (χ1v) is 6.18. The summed E-state index contributed by atoms with van der Waals surface area (Å²) in [6.45, 7) is 6.57. The van der Waals surface area contributed by atoms with E-state index in [0.717, 1.165) is 5.56 Å². The van der Waals surface area contributed by atoms with Crippen molar-refractivity contribution in [1.29, 1.82) is 0 Å². The van der Waals surface area contributed by atoms with Crippen molar-refractivity contribution < 1.29 is 4.52 Å². The minimum absolute atomic E-state index is 0.159. The Morgan fingerprint density at radius 1 is 1.18 bits per heavy atom. The van der Waals surface area contributed by atoms with E-state index in [1.807, 2.05) is 12.1 Å². The zero-order valence-corrected chi connectivity index (χ0v) is 11.2. The molecule has 0 atom stereocenters. The van der Waals surface area contributed by atoms with Gasteiger partial charge >= 0.3 is 0 Å². The second kappa shape index (κ2) is 4.53. The summed E-state index contributed by atoms with van der Waals surface area (Å²) < 4.78 is 5.03. The second-order valence-electron chi connectivity index (χ2n) is 5.00. The summed E-state index contributed by atoms with van der Waals surface area (Å²) in [4.78, 5) is 4.24. The highest BCUT2D eigenvalue weighted by atomic mass is 32.1. The van der Waals surface area contributed by atoms with Gasteiger partial charge in [-0.2, -0.15) is 17.6 Å². The average molecular weight is 248 g/mol. The second-order valence-corrected chi connectivity index (χ2v) is 5.31. The van der Waals surface area contributed by atoms with Crippen molar-refractivity contribution in [3.05, 3.63) is 35.7 Å². The van der Waals surface area contributed by atoms with Crippen molar-refractivity contribution in [3.8, 4) is 11.4 Å². The van der Waals surface area contributed by atoms with Gasteiger partial charge in [-0.05, 0) is 11.0 Å². The molecule has 90 valence electrons. The van der Waals surface area contributed by atoms with Crippen LogP contribution >= 0.6 is 12.6 Å². The summed E-state index contributed by atoms with van der Waals surface area (Å²) in [6, 6.07) is 8.25. The Hall–Kier alpha value is -1.29. The van der Waals surface area contributed by atoms with Gasteiger partial charge in [0.05, 0.1) is 5.75 Å². The lowest BCUT2D eigenvalue weighted by Gasteiger charge is -2.18. The minimum atomic E-state index is 0.159. The van der Waals surface area contributed by atoms with Crippen LogP contribution in [0.15, 0.2) is 28.8 Å². The molecule has 1 aromatic carbocycles. The van der Waals surface area contributed by atoms with Gasteiger partial charge in [-0.15, -0.1) is 0 Å². The first-order chi connectivity index (χ1) is 8.00. The third-order valence-electron chi connectivity index (χ3n) is 2.61. The summed E-state index contributed by atoms with van der Waals surface area (Å²) in [7, 11) is 0. The number of nitrogens with zero attached hydrogens (tertiary/aromatic N) is 2. The molecule has 0 saturated heterocycles. The zero-order valence-electron chi connectivity index (χ0n) is 10.3. The van der Waals surface area contributed by atoms with E-state index in [4.69, 9.17) is 4.52 Å². The Morgan fingerprint density at radius 2 is 1.82 bits per heavy atom. The largest absolute Gasteiger partial charge is 0.338 e. The third kappa shape index (κ3) is 2.69. The molecule has 2 aromatic rings. The SMILES string of the molecule is CC(C)(C)c1ccc(-c2noc(CS)n2)cc1. The maximum absolute atomic E-state index is 5.03. The Bertz CT molecular complexity index is 497. The van der Waals surface area contributed by atoms with Gasteiger partial charge in [0.25, 0.3) is 0 Å². The van der Waals surface area contributed by atoms with Gasteiger partial charge in [0.1, 0.15) is 0 Å².